The van der Waals surface area contributed by atoms with Gasteiger partial charge in [0.15, 0.2) is 0 Å². The summed E-state index contributed by atoms with van der Waals surface area (Å²) < 4.78 is 0. The molecule has 0 bridgehead atoms. The summed E-state index contributed by atoms with van der Waals surface area (Å²) in [6.07, 6.45) is 3.08. The molecule has 0 aliphatic carbocycles. The summed E-state index contributed by atoms with van der Waals surface area (Å²) in [5.41, 5.74) is -0.659. The van der Waals surface area contributed by atoms with E-state index in [4.69, 9.17) is 0 Å². The van der Waals surface area contributed by atoms with Gasteiger partial charge in [0, 0.05) is 45.2 Å². The van der Waals surface area contributed by atoms with Crippen molar-refractivity contribution in [2.45, 2.75) is 51.7 Å². The van der Waals surface area contributed by atoms with E-state index in [0.29, 0.717) is 24.9 Å². The second-order valence-electron chi connectivity index (χ2n) is 7.35. The summed E-state index contributed by atoms with van der Waals surface area (Å²) in [6.45, 7) is 10.9. The van der Waals surface area contributed by atoms with Crippen LogP contribution in [0.4, 0.5) is 0 Å². The molecule has 2 aliphatic rings. The van der Waals surface area contributed by atoms with Crippen LogP contribution in [0.15, 0.2) is 0 Å². The second-order valence-corrected chi connectivity index (χ2v) is 7.35. The quantitative estimate of drug-likeness (QED) is 0.801. The van der Waals surface area contributed by atoms with E-state index >= 15 is 0 Å². The van der Waals surface area contributed by atoms with E-state index < -0.39 is 5.60 Å². The highest BCUT2D eigenvalue weighted by atomic mass is 16.3. The molecule has 0 saturated carbocycles. The lowest BCUT2D eigenvalue weighted by Gasteiger charge is -2.38. The van der Waals surface area contributed by atoms with Crippen LogP contribution in [0.1, 0.15) is 40.0 Å². The molecular weight excluding hydrogens is 266 g/mol. The summed E-state index contributed by atoms with van der Waals surface area (Å²) in [5, 5.41) is 13.3. The molecule has 2 atom stereocenters. The number of carbonyl (C=O) groups excluding carboxylic acids is 1. The first-order valence-electron chi connectivity index (χ1n) is 8.31. The van der Waals surface area contributed by atoms with E-state index in [1.807, 2.05) is 18.7 Å². The van der Waals surface area contributed by atoms with Gasteiger partial charge in [-0.15, -0.1) is 0 Å². The fraction of sp³-hybridized carbons (Fsp3) is 0.938. The highest BCUT2D eigenvalue weighted by Gasteiger charge is 2.28. The fourth-order valence-electron chi connectivity index (χ4n) is 3.41. The Hall–Kier alpha value is -0.650. The van der Waals surface area contributed by atoms with Crippen molar-refractivity contribution in [2.75, 3.05) is 39.3 Å². The summed E-state index contributed by atoms with van der Waals surface area (Å²) in [6, 6.07) is 0.348. The SMILES string of the molecule is CC1CCCNC1CC(=O)N1CCN(CC(C)(C)O)CC1. The van der Waals surface area contributed by atoms with Crippen LogP contribution >= 0.6 is 0 Å². The van der Waals surface area contributed by atoms with Crippen molar-refractivity contribution in [3.8, 4) is 0 Å². The zero-order chi connectivity index (χ0) is 15.5. The number of amides is 1. The predicted molar refractivity (Wildman–Crippen MR) is 84.1 cm³/mol. The van der Waals surface area contributed by atoms with Gasteiger partial charge in [-0.2, -0.15) is 0 Å². The molecule has 2 heterocycles. The minimum absolute atomic E-state index is 0.282. The van der Waals surface area contributed by atoms with E-state index in [1.54, 1.807) is 0 Å². The molecule has 122 valence electrons. The standard InChI is InChI=1S/C16H31N3O2/c1-13-5-4-6-17-14(13)11-15(20)19-9-7-18(8-10-19)12-16(2,3)21/h13-14,17,21H,4-12H2,1-3H3. The molecule has 5 heteroatoms. The number of β-amino-alcohol motifs (C(OH)–C–C–N with tert-alkyl or cyclic N) is 1. The maximum absolute atomic E-state index is 12.4. The van der Waals surface area contributed by atoms with Gasteiger partial charge in [-0.1, -0.05) is 6.92 Å². The molecule has 0 radical (unpaired) electrons. The van der Waals surface area contributed by atoms with E-state index in [1.165, 1.54) is 12.8 Å². The van der Waals surface area contributed by atoms with Crippen molar-refractivity contribution in [3.05, 3.63) is 0 Å². The third kappa shape index (κ3) is 5.24. The van der Waals surface area contributed by atoms with Crippen LogP contribution in [0.2, 0.25) is 0 Å². The first kappa shape index (κ1) is 16.7. The van der Waals surface area contributed by atoms with Gasteiger partial charge in [-0.05, 0) is 39.2 Å². The minimum atomic E-state index is -0.659. The lowest BCUT2D eigenvalue weighted by atomic mass is 9.90. The highest BCUT2D eigenvalue weighted by Crippen LogP contribution is 2.19. The van der Waals surface area contributed by atoms with E-state index in [9.17, 15) is 9.90 Å². The van der Waals surface area contributed by atoms with Gasteiger partial charge in [0.25, 0.3) is 0 Å². The zero-order valence-electron chi connectivity index (χ0n) is 13.8. The van der Waals surface area contributed by atoms with Gasteiger partial charge in [0.1, 0.15) is 0 Å². The number of piperazine rings is 1. The molecule has 1 amide bonds. The number of hydrogen-bond donors (Lipinski definition) is 2. The molecule has 2 saturated heterocycles. The van der Waals surface area contributed by atoms with E-state index in [2.05, 4.69) is 17.1 Å². The Morgan fingerprint density at radius 1 is 1.29 bits per heavy atom. The average Bonchev–Trinajstić information content (AvgIpc) is 2.40. The van der Waals surface area contributed by atoms with Gasteiger partial charge in [0.05, 0.1) is 5.60 Å². The molecule has 2 unspecified atom stereocenters. The number of nitrogens with one attached hydrogen (secondary N) is 1. The average molecular weight is 297 g/mol. The first-order chi connectivity index (χ1) is 9.85. The molecule has 0 aromatic carbocycles. The van der Waals surface area contributed by atoms with Gasteiger partial charge in [-0.3, -0.25) is 9.69 Å². The van der Waals surface area contributed by atoms with Crippen molar-refractivity contribution in [1.29, 1.82) is 0 Å². The fourth-order valence-corrected chi connectivity index (χ4v) is 3.41. The van der Waals surface area contributed by atoms with Crippen LogP contribution in [-0.4, -0.2) is 71.7 Å². The Morgan fingerprint density at radius 3 is 2.52 bits per heavy atom. The van der Waals surface area contributed by atoms with E-state index in [0.717, 1.165) is 32.7 Å². The molecule has 21 heavy (non-hydrogen) atoms. The molecule has 0 aromatic rings. The van der Waals surface area contributed by atoms with Crippen LogP contribution in [0.5, 0.6) is 0 Å². The molecule has 5 nitrogen and oxygen atoms in total. The lowest BCUT2D eigenvalue weighted by molar-refractivity contribution is -0.134. The summed E-state index contributed by atoms with van der Waals surface area (Å²) in [7, 11) is 0. The minimum Gasteiger partial charge on any atom is -0.389 e. The summed E-state index contributed by atoms with van der Waals surface area (Å²) in [4.78, 5) is 16.7. The van der Waals surface area contributed by atoms with Crippen LogP contribution in [0.25, 0.3) is 0 Å². The van der Waals surface area contributed by atoms with Crippen molar-refractivity contribution in [1.82, 2.24) is 15.1 Å². The summed E-state index contributed by atoms with van der Waals surface area (Å²) >= 11 is 0. The Labute approximate surface area is 128 Å². The number of rotatable bonds is 4. The lowest BCUT2D eigenvalue weighted by Crippen LogP contribution is -2.53. The van der Waals surface area contributed by atoms with Crippen LogP contribution in [-0.2, 0) is 4.79 Å². The Bertz CT molecular complexity index is 346. The van der Waals surface area contributed by atoms with Crippen LogP contribution < -0.4 is 5.32 Å². The third-order valence-corrected chi connectivity index (χ3v) is 4.66. The Kier molecular flexibility index (Phi) is 5.63. The number of aliphatic hydroxyl groups is 1. The third-order valence-electron chi connectivity index (χ3n) is 4.66. The van der Waals surface area contributed by atoms with Crippen LogP contribution in [0, 0.1) is 5.92 Å². The van der Waals surface area contributed by atoms with Gasteiger partial charge in [-0.25, -0.2) is 0 Å². The molecule has 0 aromatic heterocycles. The maximum Gasteiger partial charge on any atom is 0.224 e. The molecule has 0 spiro atoms. The Morgan fingerprint density at radius 2 is 1.95 bits per heavy atom. The van der Waals surface area contributed by atoms with Crippen molar-refractivity contribution < 1.29 is 9.90 Å². The molecule has 2 fully saturated rings. The van der Waals surface area contributed by atoms with Gasteiger partial charge < -0.3 is 15.3 Å². The molecule has 2 rings (SSSR count). The maximum atomic E-state index is 12.4. The van der Waals surface area contributed by atoms with Crippen molar-refractivity contribution in [2.24, 2.45) is 5.92 Å². The number of piperidine rings is 1. The Balaban J connectivity index is 1.75. The van der Waals surface area contributed by atoms with Gasteiger partial charge >= 0.3 is 0 Å². The van der Waals surface area contributed by atoms with Crippen molar-refractivity contribution >= 4 is 5.91 Å². The topological polar surface area (TPSA) is 55.8 Å². The molecule has 2 aliphatic heterocycles. The largest absolute Gasteiger partial charge is 0.389 e. The monoisotopic (exact) mass is 297 g/mol. The predicted octanol–water partition coefficient (Wildman–Crippen LogP) is 0.680. The molecular formula is C16H31N3O2. The van der Waals surface area contributed by atoms with Crippen LogP contribution in [0.3, 0.4) is 0 Å². The van der Waals surface area contributed by atoms with Gasteiger partial charge in [0.2, 0.25) is 5.91 Å². The van der Waals surface area contributed by atoms with Crippen molar-refractivity contribution in [3.63, 3.8) is 0 Å². The van der Waals surface area contributed by atoms with E-state index in [-0.39, 0.29) is 5.91 Å². The normalized spacial score (nSPS) is 28.7. The number of hydrogen-bond acceptors (Lipinski definition) is 4. The molecule has 2 N–H and O–H groups in total. The zero-order valence-corrected chi connectivity index (χ0v) is 13.8. The smallest absolute Gasteiger partial charge is 0.224 e. The summed E-state index contributed by atoms with van der Waals surface area (Å²) in [5.74, 6) is 0.878. The highest BCUT2D eigenvalue weighted by molar-refractivity contribution is 5.77. The number of nitrogens with zero attached hydrogens (tertiary/aromatic N) is 2. The second kappa shape index (κ2) is 7.07. The first-order valence-corrected chi connectivity index (χ1v) is 8.31. The number of carbonyl (C=O) groups is 1.